The van der Waals surface area contributed by atoms with Crippen LogP contribution in [0.15, 0.2) is 18.2 Å². The summed E-state index contributed by atoms with van der Waals surface area (Å²) in [5.41, 5.74) is 5.35. The molecule has 1 fully saturated rings. The molecule has 1 saturated carbocycles. The second-order valence-electron chi connectivity index (χ2n) is 5.64. The Bertz CT molecular complexity index is 522. The summed E-state index contributed by atoms with van der Waals surface area (Å²) in [6.07, 6.45) is -0.952. The Morgan fingerprint density at radius 1 is 1.40 bits per heavy atom. The van der Waals surface area contributed by atoms with E-state index in [0.717, 1.165) is 25.5 Å². The molecule has 2 rings (SSSR count). The minimum Gasteiger partial charge on any atom is -0.389 e. The number of hydrogen-bond acceptors (Lipinski definition) is 2. The summed E-state index contributed by atoms with van der Waals surface area (Å²) in [5, 5.41) is 3.18. The van der Waals surface area contributed by atoms with E-state index in [1.165, 1.54) is 18.6 Å². The van der Waals surface area contributed by atoms with E-state index in [4.69, 9.17) is 18.0 Å². The van der Waals surface area contributed by atoms with E-state index in [1.807, 2.05) is 0 Å². The Balaban J connectivity index is 2.19. The number of nitrogens with two attached hydrogens (primary N) is 1. The van der Waals surface area contributed by atoms with Crippen molar-refractivity contribution in [2.75, 3.05) is 11.9 Å². The molecule has 1 aromatic rings. The third-order valence-corrected chi connectivity index (χ3v) is 4.09. The van der Waals surface area contributed by atoms with Gasteiger partial charge in [-0.3, -0.25) is 0 Å². The first kappa shape index (κ1) is 15.1. The number of rotatable bonds is 4. The van der Waals surface area contributed by atoms with Crippen LogP contribution < -0.4 is 11.1 Å². The summed E-state index contributed by atoms with van der Waals surface area (Å²) < 4.78 is 38.5. The minimum atomic E-state index is -4.45. The van der Waals surface area contributed by atoms with Gasteiger partial charge < -0.3 is 11.1 Å². The van der Waals surface area contributed by atoms with Gasteiger partial charge >= 0.3 is 6.18 Å². The second kappa shape index (κ2) is 5.24. The number of halogens is 3. The van der Waals surface area contributed by atoms with Crippen molar-refractivity contribution >= 4 is 22.9 Å². The van der Waals surface area contributed by atoms with Crippen LogP contribution in [0.25, 0.3) is 0 Å². The number of anilines is 1. The van der Waals surface area contributed by atoms with Gasteiger partial charge in [-0.25, -0.2) is 0 Å². The summed E-state index contributed by atoms with van der Waals surface area (Å²) in [4.78, 5) is -0.240. The van der Waals surface area contributed by atoms with Gasteiger partial charge in [0.1, 0.15) is 4.99 Å². The average molecular weight is 302 g/mol. The molecule has 1 aliphatic carbocycles. The predicted octanol–water partition coefficient (Wildman–Crippen LogP) is 3.94. The molecule has 1 aliphatic rings. The fourth-order valence-electron chi connectivity index (χ4n) is 2.38. The van der Waals surface area contributed by atoms with Gasteiger partial charge in [-0.1, -0.05) is 25.6 Å². The maximum absolute atomic E-state index is 12.8. The topological polar surface area (TPSA) is 38.0 Å². The van der Waals surface area contributed by atoms with Crippen molar-refractivity contribution in [1.29, 1.82) is 0 Å². The SMILES string of the molecule is CC1(CNc2ccc(C(F)(F)F)c(C(N)=S)c2)CCC1. The third kappa shape index (κ3) is 3.23. The number of benzene rings is 1. The smallest absolute Gasteiger partial charge is 0.389 e. The molecule has 6 heteroatoms. The Morgan fingerprint density at radius 3 is 2.50 bits per heavy atom. The highest BCUT2D eigenvalue weighted by atomic mass is 32.1. The van der Waals surface area contributed by atoms with Crippen molar-refractivity contribution in [1.82, 2.24) is 0 Å². The first-order valence-electron chi connectivity index (χ1n) is 6.46. The highest BCUT2D eigenvalue weighted by molar-refractivity contribution is 7.80. The van der Waals surface area contributed by atoms with Gasteiger partial charge in [-0.2, -0.15) is 13.2 Å². The van der Waals surface area contributed by atoms with Gasteiger partial charge in [-0.05, 0) is 36.5 Å². The zero-order valence-corrected chi connectivity index (χ0v) is 12.0. The molecular weight excluding hydrogens is 285 g/mol. The molecule has 0 aromatic heterocycles. The van der Waals surface area contributed by atoms with Gasteiger partial charge in [0.2, 0.25) is 0 Å². The van der Waals surface area contributed by atoms with Crippen molar-refractivity contribution in [2.45, 2.75) is 32.4 Å². The predicted molar refractivity (Wildman–Crippen MR) is 77.8 cm³/mol. The van der Waals surface area contributed by atoms with Crippen LogP contribution >= 0.6 is 12.2 Å². The molecular formula is C14H17F3N2S. The fourth-order valence-corrected chi connectivity index (χ4v) is 2.55. The van der Waals surface area contributed by atoms with Crippen LogP contribution in [-0.2, 0) is 6.18 Å². The highest BCUT2D eigenvalue weighted by Crippen LogP contribution is 2.40. The first-order valence-corrected chi connectivity index (χ1v) is 6.87. The lowest BCUT2D eigenvalue weighted by Crippen LogP contribution is -2.33. The van der Waals surface area contributed by atoms with E-state index in [-0.39, 0.29) is 16.0 Å². The molecule has 0 unspecified atom stereocenters. The van der Waals surface area contributed by atoms with Gasteiger partial charge in [0.15, 0.2) is 0 Å². The monoisotopic (exact) mass is 302 g/mol. The Kier molecular flexibility index (Phi) is 3.95. The molecule has 0 spiro atoms. The van der Waals surface area contributed by atoms with Crippen LogP contribution in [0.1, 0.15) is 37.3 Å². The second-order valence-corrected chi connectivity index (χ2v) is 6.08. The number of nitrogens with one attached hydrogen (secondary N) is 1. The standard InChI is InChI=1S/C14H17F3N2S/c1-13(5-2-6-13)8-19-9-3-4-11(14(15,16)17)10(7-9)12(18)20/h3-4,7,19H,2,5-6,8H2,1H3,(H2,18,20). The van der Waals surface area contributed by atoms with Crippen LogP contribution in [0, 0.1) is 5.41 Å². The zero-order valence-electron chi connectivity index (χ0n) is 11.2. The van der Waals surface area contributed by atoms with Gasteiger partial charge in [0, 0.05) is 17.8 Å². The van der Waals surface area contributed by atoms with Gasteiger partial charge in [0.05, 0.1) is 5.56 Å². The van der Waals surface area contributed by atoms with Crippen molar-refractivity contribution in [3.63, 3.8) is 0 Å². The molecule has 0 bridgehead atoms. The van der Waals surface area contributed by atoms with E-state index in [2.05, 4.69) is 12.2 Å². The molecule has 2 nitrogen and oxygen atoms in total. The lowest BCUT2D eigenvalue weighted by molar-refractivity contribution is -0.137. The average Bonchev–Trinajstić information content (AvgIpc) is 2.32. The Morgan fingerprint density at radius 2 is 2.05 bits per heavy atom. The number of thiocarbonyl (C=S) groups is 1. The first-order chi connectivity index (χ1) is 9.21. The highest BCUT2D eigenvalue weighted by Gasteiger charge is 2.34. The molecule has 0 heterocycles. The molecule has 1 aromatic carbocycles. The van der Waals surface area contributed by atoms with Crippen LogP contribution in [0.4, 0.5) is 18.9 Å². The maximum atomic E-state index is 12.8. The Labute approximate surface area is 121 Å². The van der Waals surface area contributed by atoms with E-state index < -0.39 is 11.7 Å². The van der Waals surface area contributed by atoms with E-state index >= 15 is 0 Å². The summed E-state index contributed by atoms with van der Waals surface area (Å²) in [5.74, 6) is 0. The van der Waals surface area contributed by atoms with Crippen LogP contribution in [0.3, 0.4) is 0 Å². The normalized spacial score (nSPS) is 17.4. The van der Waals surface area contributed by atoms with Crippen molar-refractivity contribution in [2.24, 2.45) is 11.1 Å². The summed E-state index contributed by atoms with van der Waals surface area (Å²) >= 11 is 4.72. The number of alkyl halides is 3. The van der Waals surface area contributed by atoms with Crippen LogP contribution in [-0.4, -0.2) is 11.5 Å². The lowest BCUT2D eigenvalue weighted by Gasteiger charge is -2.38. The molecule has 110 valence electrons. The summed E-state index contributed by atoms with van der Waals surface area (Å²) in [6.45, 7) is 2.91. The van der Waals surface area contributed by atoms with Crippen molar-refractivity contribution < 1.29 is 13.2 Å². The van der Waals surface area contributed by atoms with Crippen molar-refractivity contribution in [3.05, 3.63) is 29.3 Å². The summed E-state index contributed by atoms with van der Waals surface area (Å²) in [7, 11) is 0. The Hall–Kier alpha value is -1.30. The fraction of sp³-hybridized carbons (Fsp3) is 0.500. The molecule has 0 aliphatic heterocycles. The van der Waals surface area contributed by atoms with Crippen LogP contribution in [0.5, 0.6) is 0 Å². The van der Waals surface area contributed by atoms with Crippen molar-refractivity contribution in [3.8, 4) is 0 Å². The zero-order chi connectivity index (χ0) is 15.0. The molecule has 20 heavy (non-hydrogen) atoms. The molecule has 3 N–H and O–H groups in total. The largest absolute Gasteiger partial charge is 0.417 e. The maximum Gasteiger partial charge on any atom is 0.417 e. The summed E-state index contributed by atoms with van der Waals surface area (Å²) in [6, 6.07) is 3.83. The quantitative estimate of drug-likeness (QED) is 0.827. The third-order valence-electron chi connectivity index (χ3n) is 3.87. The van der Waals surface area contributed by atoms with Gasteiger partial charge in [0.25, 0.3) is 0 Å². The van der Waals surface area contributed by atoms with Gasteiger partial charge in [-0.15, -0.1) is 0 Å². The van der Waals surface area contributed by atoms with E-state index in [0.29, 0.717) is 5.69 Å². The molecule has 0 radical (unpaired) electrons. The van der Waals surface area contributed by atoms with E-state index in [1.54, 1.807) is 0 Å². The van der Waals surface area contributed by atoms with Crippen LogP contribution in [0.2, 0.25) is 0 Å². The van der Waals surface area contributed by atoms with E-state index in [9.17, 15) is 13.2 Å². The molecule has 0 saturated heterocycles. The molecule has 0 atom stereocenters. The number of hydrogen-bond donors (Lipinski definition) is 2. The molecule has 0 amide bonds. The minimum absolute atomic E-state index is 0.128. The lowest BCUT2D eigenvalue weighted by atomic mass is 9.70.